The van der Waals surface area contributed by atoms with E-state index in [1.54, 1.807) is 18.2 Å². The van der Waals surface area contributed by atoms with Crippen LogP contribution in [0.15, 0.2) is 83.8 Å². The molecule has 3 aromatic carbocycles. The first kappa shape index (κ1) is 31.7. The fraction of sp³-hybridized carbons (Fsp3) is 0.333. The molecule has 0 spiro atoms. The average Bonchev–Trinajstić information content (AvgIpc) is 2.93. The highest BCUT2D eigenvalue weighted by Crippen LogP contribution is 2.33. The molecule has 2 amide bonds. The van der Waals surface area contributed by atoms with Crippen LogP contribution in [-0.4, -0.2) is 44.3 Å². The molecule has 0 aliphatic rings. The lowest BCUT2D eigenvalue weighted by molar-refractivity contribution is -0.139. The van der Waals surface area contributed by atoms with Crippen molar-refractivity contribution in [1.82, 2.24) is 10.2 Å². The Morgan fingerprint density at radius 3 is 2.12 bits per heavy atom. The van der Waals surface area contributed by atoms with Crippen LogP contribution in [0.4, 0.5) is 18.9 Å². The summed E-state index contributed by atoms with van der Waals surface area (Å²) in [7, 11) is -4.47. The predicted octanol–water partition coefficient (Wildman–Crippen LogP) is 5.40. The molecule has 3 rings (SSSR count). The number of aryl methyl sites for hydroxylation is 1. The van der Waals surface area contributed by atoms with Crippen LogP contribution < -0.4 is 9.62 Å². The fourth-order valence-corrected chi connectivity index (χ4v) is 5.44. The minimum atomic E-state index is -4.73. The summed E-state index contributed by atoms with van der Waals surface area (Å²) in [5.74, 6) is -1.04. The summed E-state index contributed by atoms with van der Waals surface area (Å²) in [4.78, 5) is 27.9. The number of benzene rings is 3. The highest BCUT2D eigenvalue weighted by atomic mass is 32.2. The van der Waals surface area contributed by atoms with E-state index in [0.717, 1.165) is 17.7 Å². The lowest BCUT2D eigenvalue weighted by Crippen LogP contribution is -2.51. The van der Waals surface area contributed by atoms with Gasteiger partial charge in [-0.05, 0) is 55.7 Å². The Morgan fingerprint density at radius 1 is 0.902 bits per heavy atom. The zero-order chi connectivity index (χ0) is 30.4. The fourth-order valence-electron chi connectivity index (χ4n) is 4.01. The van der Waals surface area contributed by atoms with Gasteiger partial charge in [0, 0.05) is 13.1 Å². The first-order valence-corrected chi connectivity index (χ1v) is 14.5. The molecule has 220 valence electrons. The van der Waals surface area contributed by atoms with Crippen LogP contribution >= 0.6 is 0 Å². The van der Waals surface area contributed by atoms with Gasteiger partial charge in [0.05, 0.1) is 16.1 Å². The van der Waals surface area contributed by atoms with E-state index in [1.807, 2.05) is 32.9 Å². The molecule has 0 unspecified atom stereocenters. The number of carbonyl (C=O) groups excluding carboxylic acids is 2. The summed E-state index contributed by atoms with van der Waals surface area (Å²) >= 11 is 0. The second-order valence-corrected chi connectivity index (χ2v) is 12.1. The quantitative estimate of drug-likeness (QED) is 0.325. The zero-order valence-electron chi connectivity index (χ0n) is 23.4. The summed E-state index contributed by atoms with van der Waals surface area (Å²) in [5, 5.41) is 2.79. The number of nitrogens with one attached hydrogen (secondary N) is 1. The van der Waals surface area contributed by atoms with Gasteiger partial charge < -0.3 is 10.2 Å². The molecule has 3 aromatic rings. The minimum Gasteiger partial charge on any atom is -0.354 e. The van der Waals surface area contributed by atoms with Gasteiger partial charge in [-0.25, -0.2) is 8.42 Å². The van der Waals surface area contributed by atoms with Crippen LogP contribution in [0.3, 0.4) is 0 Å². The van der Waals surface area contributed by atoms with Crippen molar-refractivity contribution in [1.29, 1.82) is 0 Å². The van der Waals surface area contributed by atoms with Crippen molar-refractivity contribution < 1.29 is 31.2 Å². The van der Waals surface area contributed by atoms with Gasteiger partial charge in [-0.3, -0.25) is 13.9 Å². The Hall–Kier alpha value is -3.86. The molecule has 1 atom stereocenters. The molecule has 0 heterocycles. The summed E-state index contributed by atoms with van der Waals surface area (Å²) in [6.45, 7) is 6.79. The van der Waals surface area contributed by atoms with E-state index in [2.05, 4.69) is 5.32 Å². The monoisotopic (exact) mass is 589 g/mol. The summed E-state index contributed by atoms with van der Waals surface area (Å²) in [5.41, 5.74) is 0.293. The molecule has 0 aliphatic carbocycles. The third-order valence-electron chi connectivity index (χ3n) is 6.40. The maximum atomic E-state index is 13.9. The molecule has 0 fully saturated rings. The van der Waals surface area contributed by atoms with Crippen molar-refractivity contribution >= 4 is 27.5 Å². The van der Waals surface area contributed by atoms with Crippen LogP contribution in [0, 0.1) is 12.8 Å². The molecule has 0 saturated heterocycles. The smallest absolute Gasteiger partial charge is 0.354 e. The summed E-state index contributed by atoms with van der Waals surface area (Å²) in [6.07, 6.45) is -4.73. The van der Waals surface area contributed by atoms with Gasteiger partial charge in [-0.15, -0.1) is 0 Å². The lowest BCUT2D eigenvalue weighted by atomic mass is 10.1. The topological polar surface area (TPSA) is 86.8 Å². The van der Waals surface area contributed by atoms with E-state index in [1.165, 1.54) is 42.2 Å². The first-order chi connectivity index (χ1) is 19.2. The number of hydrogen-bond donors (Lipinski definition) is 1. The minimum absolute atomic E-state index is 0.0167. The standard InChI is InChI=1S/C30H34F3N3O4S/c1-21(2)18-34-29(38)23(4)35(19-24-15-13-22(3)14-16-24)28(37)20-36(41(39,40)27-11-6-5-7-12-27)26-10-8-9-25(17-26)30(31,32)33/h5-17,21,23H,18-20H2,1-4H3,(H,34,38)/t23-/m1/s1. The van der Waals surface area contributed by atoms with Gasteiger partial charge in [0.2, 0.25) is 11.8 Å². The van der Waals surface area contributed by atoms with Crippen LogP contribution in [0.25, 0.3) is 0 Å². The van der Waals surface area contributed by atoms with Crippen LogP contribution in [0.2, 0.25) is 0 Å². The number of alkyl halides is 3. The SMILES string of the molecule is Cc1ccc(CN(C(=O)CN(c2cccc(C(F)(F)F)c2)S(=O)(=O)c2ccccc2)[C@H](C)C(=O)NCC(C)C)cc1. The maximum Gasteiger partial charge on any atom is 0.416 e. The van der Waals surface area contributed by atoms with E-state index in [0.29, 0.717) is 22.5 Å². The van der Waals surface area contributed by atoms with Crippen molar-refractivity contribution in [3.05, 3.63) is 95.6 Å². The number of halogens is 3. The van der Waals surface area contributed by atoms with Crippen molar-refractivity contribution in [3.63, 3.8) is 0 Å². The Bertz CT molecular complexity index is 1440. The van der Waals surface area contributed by atoms with Gasteiger partial charge >= 0.3 is 6.18 Å². The van der Waals surface area contributed by atoms with Crippen LogP contribution in [0.5, 0.6) is 0 Å². The molecular weight excluding hydrogens is 555 g/mol. The van der Waals surface area contributed by atoms with E-state index >= 15 is 0 Å². The number of anilines is 1. The van der Waals surface area contributed by atoms with E-state index in [9.17, 15) is 31.2 Å². The third-order valence-corrected chi connectivity index (χ3v) is 8.18. The number of amides is 2. The number of nitrogens with zero attached hydrogens (tertiary/aromatic N) is 2. The first-order valence-electron chi connectivity index (χ1n) is 13.1. The molecule has 11 heteroatoms. The van der Waals surface area contributed by atoms with E-state index in [4.69, 9.17) is 0 Å². The molecule has 0 radical (unpaired) electrons. The average molecular weight is 590 g/mol. The second kappa shape index (κ2) is 13.2. The lowest BCUT2D eigenvalue weighted by Gasteiger charge is -2.32. The Labute approximate surface area is 239 Å². The molecule has 0 saturated carbocycles. The number of sulfonamides is 1. The Balaban J connectivity index is 2.05. The third kappa shape index (κ3) is 8.32. The Kier molecular flexibility index (Phi) is 10.2. The van der Waals surface area contributed by atoms with Gasteiger partial charge in [0.15, 0.2) is 0 Å². The van der Waals surface area contributed by atoms with Crippen molar-refractivity contribution in [2.24, 2.45) is 5.92 Å². The second-order valence-electron chi connectivity index (χ2n) is 10.2. The van der Waals surface area contributed by atoms with Crippen LogP contribution in [-0.2, 0) is 32.3 Å². The number of hydrogen-bond acceptors (Lipinski definition) is 4. The largest absolute Gasteiger partial charge is 0.416 e. The number of rotatable bonds is 11. The van der Waals surface area contributed by atoms with E-state index < -0.39 is 46.2 Å². The summed E-state index contributed by atoms with van der Waals surface area (Å²) in [6, 6.07) is 17.2. The normalized spacial score (nSPS) is 12.6. The van der Waals surface area contributed by atoms with Crippen molar-refractivity contribution in [2.75, 3.05) is 17.4 Å². The molecule has 0 bridgehead atoms. The molecule has 7 nitrogen and oxygen atoms in total. The van der Waals surface area contributed by atoms with Crippen molar-refractivity contribution in [2.45, 2.75) is 51.4 Å². The zero-order valence-corrected chi connectivity index (χ0v) is 24.2. The van der Waals surface area contributed by atoms with Gasteiger partial charge in [0.1, 0.15) is 12.6 Å². The van der Waals surface area contributed by atoms with E-state index in [-0.39, 0.29) is 23.0 Å². The highest BCUT2D eigenvalue weighted by molar-refractivity contribution is 7.92. The molecule has 41 heavy (non-hydrogen) atoms. The van der Waals surface area contributed by atoms with Crippen molar-refractivity contribution in [3.8, 4) is 0 Å². The maximum absolute atomic E-state index is 13.9. The van der Waals surface area contributed by atoms with Gasteiger partial charge in [0.25, 0.3) is 10.0 Å². The molecular formula is C30H34F3N3O4S. The van der Waals surface area contributed by atoms with Gasteiger partial charge in [-0.2, -0.15) is 13.2 Å². The van der Waals surface area contributed by atoms with Crippen LogP contribution in [0.1, 0.15) is 37.5 Å². The predicted molar refractivity (Wildman–Crippen MR) is 151 cm³/mol. The highest BCUT2D eigenvalue weighted by Gasteiger charge is 2.35. The molecule has 1 N–H and O–H groups in total. The summed E-state index contributed by atoms with van der Waals surface area (Å²) < 4.78 is 68.7. The Morgan fingerprint density at radius 2 is 1.54 bits per heavy atom. The molecule has 0 aromatic heterocycles. The molecule has 0 aliphatic heterocycles. The number of carbonyl (C=O) groups is 2. The van der Waals surface area contributed by atoms with Gasteiger partial charge in [-0.1, -0.05) is 67.9 Å².